The minimum atomic E-state index is 0.104. The second-order valence-electron chi connectivity index (χ2n) is 5.54. The third-order valence-electron chi connectivity index (χ3n) is 3.39. The van der Waals surface area contributed by atoms with Gasteiger partial charge in [0.05, 0.1) is 0 Å². The summed E-state index contributed by atoms with van der Waals surface area (Å²) >= 11 is 5.85. The van der Waals surface area contributed by atoms with Gasteiger partial charge in [0.25, 0.3) is 5.91 Å². The number of halogens is 1. The Labute approximate surface area is 119 Å². The molecule has 1 saturated heterocycles. The summed E-state index contributed by atoms with van der Waals surface area (Å²) in [6.45, 7) is 6.86. The van der Waals surface area contributed by atoms with E-state index in [4.69, 9.17) is 11.6 Å². The van der Waals surface area contributed by atoms with Crippen LogP contribution in [0, 0.1) is 5.92 Å². The van der Waals surface area contributed by atoms with E-state index in [1.165, 1.54) is 0 Å². The molecule has 1 aromatic carbocycles. The van der Waals surface area contributed by atoms with Crippen LogP contribution in [0.2, 0.25) is 5.02 Å². The number of benzene rings is 1. The lowest BCUT2D eigenvalue weighted by molar-refractivity contribution is 0.0694. The first-order chi connectivity index (χ1) is 9.06. The lowest BCUT2D eigenvalue weighted by Crippen LogP contribution is -2.52. The molecule has 1 fully saturated rings. The van der Waals surface area contributed by atoms with E-state index in [9.17, 15) is 4.79 Å². The van der Waals surface area contributed by atoms with Crippen LogP contribution < -0.4 is 5.32 Å². The molecule has 1 atom stereocenters. The highest BCUT2D eigenvalue weighted by atomic mass is 35.5. The largest absolute Gasteiger partial charge is 0.336 e. The topological polar surface area (TPSA) is 32.3 Å². The normalized spacial score (nSPS) is 19.8. The summed E-state index contributed by atoms with van der Waals surface area (Å²) in [5, 5.41) is 4.14. The Morgan fingerprint density at radius 1 is 1.42 bits per heavy atom. The van der Waals surface area contributed by atoms with E-state index in [1.807, 2.05) is 4.90 Å². The maximum Gasteiger partial charge on any atom is 0.253 e. The molecule has 1 aliphatic heterocycles. The summed E-state index contributed by atoms with van der Waals surface area (Å²) in [6, 6.07) is 7.53. The fraction of sp³-hybridized carbons (Fsp3) is 0.533. The molecule has 104 valence electrons. The van der Waals surface area contributed by atoms with Gasteiger partial charge in [-0.2, -0.15) is 0 Å². The monoisotopic (exact) mass is 280 g/mol. The Morgan fingerprint density at radius 3 is 2.74 bits per heavy atom. The first-order valence-electron chi connectivity index (χ1n) is 6.84. The second kappa shape index (κ2) is 6.40. The van der Waals surface area contributed by atoms with Gasteiger partial charge in [0.2, 0.25) is 0 Å². The van der Waals surface area contributed by atoms with E-state index in [2.05, 4.69) is 19.2 Å². The number of carbonyl (C=O) groups is 1. The fourth-order valence-corrected chi connectivity index (χ4v) is 2.64. The van der Waals surface area contributed by atoms with Crippen molar-refractivity contribution >= 4 is 17.5 Å². The molecule has 4 heteroatoms. The van der Waals surface area contributed by atoms with Crippen molar-refractivity contribution in [3.05, 3.63) is 34.9 Å². The van der Waals surface area contributed by atoms with Crippen molar-refractivity contribution in [2.24, 2.45) is 5.92 Å². The van der Waals surface area contributed by atoms with Gasteiger partial charge in [0, 0.05) is 36.3 Å². The van der Waals surface area contributed by atoms with Gasteiger partial charge < -0.3 is 10.2 Å². The van der Waals surface area contributed by atoms with E-state index >= 15 is 0 Å². The first kappa shape index (κ1) is 14.4. The molecular formula is C15H21ClN2O. The minimum Gasteiger partial charge on any atom is -0.336 e. The van der Waals surface area contributed by atoms with E-state index in [1.54, 1.807) is 24.3 Å². The number of piperazine rings is 1. The van der Waals surface area contributed by atoms with Crippen LogP contribution in [-0.4, -0.2) is 36.5 Å². The zero-order valence-electron chi connectivity index (χ0n) is 11.5. The second-order valence-corrected chi connectivity index (χ2v) is 5.98. The van der Waals surface area contributed by atoms with Crippen molar-refractivity contribution in [1.29, 1.82) is 0 Å². The highest BCUT2D eigenvalue weighted by Gasteiger charge is 2.24. The van der Waals surface area contributed by atoms with E-state index in [0.717, 1.165) is 31.6 Å². The summed E-state index contributed by atoms with van der Waals surface area (Å²) in [5.74, 6) is 0.745. The Hall–Kier alpha value is -1.06. The molecule has 0 bridgehead atoms. The number of hydrogen-bond donors (Lipinski definition) is 1. The van der Waals surface area contributed by atoms with Gasteiger partial charge >= 0.3 is 0 Å². The average Bonchev–Trinajstić information content (AvgIpc) is 2.38. The molecule has 1 unspecified atom stereocenters. The van der Waals surface area contributed by atoms with Crippen LogP contribution in [0.25, 0.3) is 0 Å². The maximum absolute atomic E-state index is 12.4. The van der Waals surface area contributed by atoms with Gasteiger partial charge in [-0.15, -0.1) is 0 Å². The zero-order valence-corrected chi connectivity index (χ0v) is 12.3. The molecule has 0 aliphatic carbocycles. The molecule has 1 N–H and O–H groups in total. The number of rotatable bonds is 3. The highest BCUT2D eigenvalue weighted by Crippen LogP contribution is 2.14. The van der Waals surface area contributed by atoms with Crippen molar-refractivity contribution in [3.8, 4) is 0 Å². The third-order valence-corrected chi connectivity index (χ3v) is 3.64. The number of hydrogen-bond acceptors (Lipinski definition) is 2. The average molecular weight is 281 g/mol. The van der Waals surface area contributed by atoms with E-state index in [-0.39, 0.29) is 5.91 Å². The van der Waals surface area contributed by atoms with Crippen LogP contribution in [0.3, 0.4) is 0 Å². The third kappa shape index (κ3) is 3.95. The number of nitrogens with one attached hydrogen (secondary N) is 1. The van der Waals surface area contributed by atoms with Crippen LogP contribution in [-0.2, 0) is 0 Å². The lowest BCUT2D eigenvalue weighted by atomic mass is 10.0. The molecule has 1 aromatic rings. The summed E-state index contributed by atoms with van der Waals surface area (Å²) < 4.78 is 0. The number of nitrogens with zero attached hydrogens (tertiary/aromatic N) is 1. The zero-order chi connectivity index (χ0) is 13.8. The minimum absolute atomic E-state index is 0.104. The van der Waals surface area contributed by atoms with Crippen molar-refractivity contribution < 1.29 is 4.79 Å². The van der Waals surface area contributed by atoms with Crippen LogP contribution in [0.5, 0.6) is 0 Å². The number of amides is 1. The molecule has 2 rings (SSSR count). The molecule has 1 heterocycles. The van der Waals surface area contributed by atoms with E-state index < -0.39 is 0 Å². The molecule has 3 nitrogen and oxygen atoms in total. The van der Waals surface area contributed by atoms with Crippen molar-refractivity contribution in [3.63, 3.8) is 0 Å². The van der Waals surface area contributed by atoms with Gasteiger partial charge in [0.15, 0.2) is 0 Å². The fourth-order valence-electron chi connectivity index (χ4n) is 2.51. The molecule has 0 saturated carbocycles. The van der Waals surface area contributed by atoms with Crippen LogP contribution in [0.1, 0.15) is 30.6 Å². The van der Waals surface area contributed by atoms with E-state index in [0.29, 0.717) is 17.0 Å². The van der Waals surface area contributed by atoms with Crippen molar-refractivity contribution in [1.82, 2.24) is 10.2 Å². The van der Waals surface area contributed by atoms with Crippen molar-refractivity contribution in [2.75, 3.05) is 19.6 Å². The van der Waals surface area contributed by atoms with Crippen LogP contribution in [0.15, 0.2) is 24.3 Å². The summed E-state index contributed by atoms with van der Waals surface area (Å²) in [7, 11) is 0. The first-order valence-corrected chi connectivity index (χ1v) is 7.22. The molecular weight excluding hydrogens is 260 g/mol. The van der Waals surface area contributed by atoms with Crippen LogP contribution in [0.4, 0.5) is 0 Å². The standard InChI is InChI=1S/C15H21ClN2O/c1-11(2)9-14-10-18(8-7-17-14)15(19)12-3-5-13(16)6-4-12/h3-6,11,14,17H,7-10H2,1-2H3. The maximum atomic E-state index is 12.4. The predicted molar refractivity (Wildman–Crippen MR) is 78.6 cm³/mol. The smallest absolute Gasteiger partial charge is 0.253 e. The molecule has 0 spiro atoms. The molecule has 1 aliphatic rings. The summed E-state index contributed by atoms with van der Waals surface area (Å²) in [6.07, 6.45) is 1.10. The van der Waals surface area contributed by atoms with Crippen molar-refractivity contribution in [2.45, 2.75) is 26.3 Å². The van der Waals surface area contributed by atoms with Gasteiger partial charge in [-0.1, -0.05) is 25.4 Å². The molecule has 0 radical (unpaired) electrons. The quantitative estimate of drug-likeness (QED) is 0.923. The number of carbonyl (C=O) groups excluding carboxylic acids is 1. The SMILES string of the molecule is CC(C)CC1CN(C(=O)c2ccc(Cl)cc2)CCN1. The van der Waals surface area contributed by atoms with Gasteiger partial charge in [-0.3, -0.25) is 4.79 Å². The lowest BCUT2D eigenvalue weighted by Gasteiger charge is -2.34. The summed E-state index contributed by atoms with van der Waals surface area (Å²) in [5.41, 5.74) is 0.717. The van der Waals surface area contributed by atoms with Gasteiger partial charge in [0.1, 0.15) is 0 Å². The van der Waals surface area contributed by atoms with Crippen LogP contribution >= 0.6 is 11.6 Å². The summed E-state index contributed by atoms with van der Waals surface area (Å²) in [4.78, 5) is 14.3. The Morgan fingerprint density at radius 2 is 2.11 bits per heavy atom. The molecule has 1 amide bonds. The van der Waals surface area contributed by atoms with Gasteiger partial charge in [-0.05, 0) is 36.6 Å². The molecule has 0 aromatic heterocycles. The van der Waals surface area contributed by atoms with Gasteiger partial charge in [-0.25, -0.2) is 0 Å². The Kier molecular flexibility index (Phi) is 4.83. The molecule has 19 heavy (non-hydrogen) atoms. The predicted octanol–water partition coefficient (Wildman–Crippen LogP) is 2.80. The Balaban J connectivity index is 2.00. The highest BCUT2D eigenvalue weighted by molar-refractivity contribution is 6.30. The Bertz CT molecular complexity index is 430.